The van der Waals surface area contributed by atoms with E-state index in [1.165, 1.54) is 0 Å². The van der Waals surface area contributed by atoms with Crippen LogP contribution in [0.3, 0.4) is 0 Å². The summed E-state index contributed by atoms with van der Waals surface area (Å²) in [6, 6.07) is 9.64. The average molecular weight is 254 g/mol. The number of carbonyl (C=O) groups is 1. The monoisotopic (exact) mass is 254 g/mol. The number of carboxylic acids is 1. The quantitative estimate of drug-likeness (QED) is 0.836. The molecule has 19 heavy (non-hydrogen) atoms. The van der Waals surface area contributed by atoms with Gasteiger partial charge in [-0.05, 0) is 26.0 Å². The number of hydrogen-bond acceptors (Lipinski definition) is 2. The Kier molecular flexibility index (Phi) is 3.67. The van der Waals surface area contributed by atoms with E-state index in [9.17, 15) is 4.79 Å². The van der Waals surface area contributed by atoms with Crippen LogP contribution >= 0.6 is 0 Å². The Hall–Kier alpha value is -2.54. The molecule has 1 aromatic heterocycles. The number of rotatable bonds is 2. The van der Waals surface area contributed by atoms with Crippen LogP contribution < -0.4 is 0 Å². The molecule has 0 spiro atoms. The minimum atomic E-state index is -0.947. The van der Waals surface area contributed by atoms with Gasteiger partial charge in [0.25, 0.3) is 0 Å². The highest BCUT2D eigenvalue weighted by atomic mass is 16.4. The van der Waals surface area contributed by atoms with E-state index in [-0.39, 0.29) is 5.56 Å². The van der Waals surface area contributed by atoms with Crippen molar-refractivity contribution in [3.05, 3.63) is 52.8 Å². The normalized spacial score (nSPS) is 9.79. The lowest BCUT2D eigenvalue weighted by molar-refractivity contribution is 0.0695. The Balaban J connectivity index is 2.20. The number of benzene rings is 1. The molecule has 0 saturated carbocycles. The molecule has 1 N–H and O–H groups in total. The molecule has 0 aliphatic rings. The number of carboxylic acid groups (broad SMARTS) is 1. The SMILES string of the molecule is Cc1nn(CC#Cc2ccccc2)c(C)c1C(=O)O. The lowest BCUT2D eigenvalue weighted by Crippen LogP contribution is -2.03. The van der Waals surface area contributed by atoms with Crippen molar-refractivity contribution in [1.29, 1.82) is 0 Å². The highest BCUT2D eigenvalue weighted by Crippen LogP contribution is 2.12. The Labute approximate surface area is 111 Å². The van der Waals surface area contributed by atoms with Crippen LogP contribution in [0.25, 0.3) is 0 Å². The summed E-state index contributed by atoms with van der Waals surface area (Å²) in [5.41, 5.74) is 2.35. The second kappa shape index (κ2) is 5.40. The van der Waals surface area contributed by atoms with E-state index in [4.69, 9.17) is 5.11 Å². The molecule has 0 saturated heterocycles. The molecular weight excluding hydrogens is 240 g/mol. The van der Waals surface area contributed by atoms with Crippen molar-refractivity contribution in [2.45, 2.75) is 20.4 Å². The van der Waals surface area contributed by atoms with Gasteiger partial charge in [0.05, 0.1) is 11.4 Å². The van der Waals surface area contributed by atoms with Crippen LogP contribution in [0.1, 0.15) is 27.3 Å². The van der Waals surface area contributed by atoms with Crippen LogP contribution in [0.5, 0.6) is 0 Å². The summed E-state index contributed by atoms with van der Waals surface area (Å²) in [4.78, 5) is 11.1. The Morgan fingerprint density at radius 2 is 2.00 bits per heavy atom. The molecule has 0 bridgehead atoms. The van der Waals surface area contributed by atoms with Crippen molar-refractivity contribution in [3.63, 3.8) is 0 Å². The Bertz CT molecular complexity index is 661. The standard InChI is InChI=1S/C15H14N2O2/c1-11-14(15(18)19)12(2)17(16-11)10-6-9-13-7-4-3-5-8-13/h3-5,7-8H,10H2,1-2H3,(H,18,19). The lowest BCUT2D eigenvalue weighted by atomic mass is 10.2. The van der Waals surface area contributed by atoms with E-state index in [0.717, 1.165) is 5.56 Å². The summed E-state index contributed by atoms with van der Waals surface area (Å²) >= 11 is 0. The van der Waals surface area contributed by atoms with Crippen LogP contribution in [0.2, 0.25) is 0 Å². The third-order valence-electron chi connectivity index (χ3n) is 2.83. The second-order valence-corrected chi connectivity index (χ2v) is 4.18. The highest BCUT2D eigenvalue weighted by molar-refractivity contribution is 5.90. The van der Waals surface area contributed by atoms with E-state index in [1.54, 1.807) is 18.5 Å². The minimum Gasteiger partial charge on any atom is -0.478 e. The van der Waals surface area contributed by atoms with Gasteiger partial charge in [-0.1, -0.05) is 30.0 Å². The van der Waals surface area contributed by atoms with Crippen molar-refractivity contribution in [1.82, 2.24) is 9.78 Å². The first-order chi connectivity index (χ1) is 9.09. The van der Waals surface area contributed by atoms with Crippen LogP contribution in [0, 0.1) is 25.7 Å². The third-order valence-corrected chi connectivity index (χ3v) is 2.83. The van der Waals surface area contributed by atoms with E-state index in [1.807, 2.05) is 30.3 Å². The molecule has 0 amide bonds. The van der Waals surface area contributed by atoms with Gasteiger partial charge in [-0.25, -0.2) is 4.79 Å². The predicted octanol–water partition coefficient (Wildman–Crippen LogP) is 2.25. The molecule has 1 aromatic carbocycles. The zero-order chi connectivity index (χ0) is 13.8. The fourth-order valence-corrected chi connectivity index (χ4v) is 1.90. The summed E-state index contributed by atoms with van der Waals surface area (Å²) in [5.74, 6) is 5.07. The van der Waals surface area contributed by atoms with Crippen molar-refractivity contribution < 1.29 is 9.90 Å². The molecule has 2 aromatic rings. The van der Waals surface area contributed by atoms with Crippen LogP contribution in [0.4, 0.5) is 0 Å². The number of nitrogens with zero attached hydrogens (tertiary/aromatic N) is 2. The maximum Gasteiger partial charge on any atom is 0.339 e. The van der Waals surface area contributed by atoms with E-state index in [0.29, 0.717) is 17.9 Å². The highest BCUT2D eigenvalue weighted by Gasteiger charge is 2.16. The molecule has 4 nitrogen and oxygen atoms in total. The van der Waals surface area contributed by atoms with Gasteiger partial charge in [-0.2, -0.15) is 5.10 Å². The number of aryl methyl sites for hydroxylation is 1. The summed E-state index contributed by atoms with van der Waals surface area (Å²) < 4.78 is 1.62. The van der Waals surface area contributed by atoms with Gasteiger partial charge in [-0.15, -0.1) is 0 Å². The number of aromatic nitrogens is 2. The first-order valence-electron chi connectivity index (χ1n) is 5.91. The number of hydrogen-bond donors (Lipinski definition) is 1. The molecule has 4 heteroatoms. The predicted molar refractivity (Wildman–Crippen MR) is 72.0 cm³/mol. The van der Waals surface area contributed by atoms with Crippen LogP contribution in [0.15, 0.2) is 30.3 Å². The molecular formula is C15H14N2O2. The smallest absolute Gasteiger partial charge is 0.339 e. The molecule has 0 fully saturated rings. The Morgan fingerprint density at radius 1 is 1.32 bits per heavy atom. The lowest BCUT2D eigenvalue weighted by Gasteiger charge is -1.98. The minimum absolute atomic E-state index is 0.265. The third kappa shape index (κ3) is 2.83. The average Bonchev–Trinajstić information content (AvgIpc) is 2.66. The van der Waals surface area contributed by atoms with E-state index in [2.05, 4.69) is 16.9 Å². The van der Waals surface area contributed by atoms with Crippen molar-refractivity contribution >= 4 is 5.97 Å². The fraction of sp³-hybridized carbons (Fsp3) is 0.200. The molecule has 0 atom stereocenters. The van der Waals surface area contributed by atoms with Gasteiger partial charge in [0.2, 0.25) is 0 Å². The second-order valence-electron chi connectivity index (χ2n) is 4.18. The molecule has 96 valence electrons. The van der Waals surface area contributed by atoms with Crippen LogP contribution in [-0.4, -0.2) is 20.9 Å². The largest absolute Gasteiger partial charge is 0.478 e. The molecule has 0 radical (unpaired) electrons. The van der Waals surface area contributed by atoms with Crippen molar-refractivity contribution in [3.8, 4) is 11.8 Å². The zero-order valence-electron chi connectivity index (χ0n) is 10.8. The van der Waals surface area contributed by atoms with Gasteiger partial charge in [0.1, 0.15) is 12.1 Å². The molecule has 0 aliphatic carbocycles. The van der Waals surface area contributed by atoms with Crippen molar-refractivity contribution in [2.24, 2.45) is 0 Å². The zero-order valence-corrected chi connectivity index (χ0v) is 10.8. The van der Waals surface area contributed by atoms with Gasteiger partial charge in [-0.3, -0.25) is 4.68 Å². The van der Waals surface area contributed by atoms with Gasteiger partial charge < -0.3 is 5.11 Å². The summed E-state index contributed by atoms with van der Waals surface area (Å²) in [6.07, 6.45) is 0. The van der Waals surface area contributed by atoms with Gasteiger partial charge in [0.15, 0.2) is 0 Å². The first-order valence-corrected chi connectivity index (χ1v) is 5.91. The topological polar surface area (TPSA) is 55.1 Å². The molecule has 2 rings (SSSR count). The molecule has 1 heterocycles. The number of aromatic carboxylic acids is 1. The fourth-order valence-electron chi connectivity index (χ4n) is 1.90. The van der Waals surface area contributed by atoms with Crippen LogP contribution in [-0.2, 0) is 6.54 Å². The summed E-state index contributed by atoms with van der Waals surface area (Å²) in [7, 11) is 0. The molecule has 0 aliphatic heterocycles. The van der Waals surface area contributed by atoms with Crippen molar-refractivity contribution in [2.75, 3.05) is 0 Å². The molecule has 0 unspecified atom stereocenters. The van der Waals surface area contributed by atoms with Gasteiger partial charge >= 0.3 is 5.97 Å². The van der Waals surface area contributed by atoms with E-state index >= 15 is 0 Å². The van der Waals surface area contributed by atoms with Gasteiger partial charge in [0, 0.05) is 5.56 Å². The summed E-state index contributed by atoms with van der Waals surface area (Å²) in [5, 5.41) is 13.3. The summed E-state index contributed by atoms with van der Waals surface area (Å²) in [6.45, 7) is 3.82. The first kappa shape index (κ1) is 12.9. The van der Waals surface area contributed by atoms with E-state index < -0.39 is 5.97 Å². The maximum absolute atomic E-state index is 11.1. The Morgan fingerprint density at radius 3 is 2.58 bits per heavy atom. The maximum atomic E-state index is 11.1.